The van der Waals surface area contributed by atoms with E-state index in [1.807, 2.05) is 25.1 Å². The number of hydrogen-bond donors (Lipinski definition) is 3. The summed E-state index contributed by atoms with van der Waals surface area (Å²) in [6.07, 6.45) is 1.93. The number of nitrogens with zero attached hydrogens (tertiary/aromatic N) is 2. The first kappa shape index (κ1) is 23.7. The van der Waals surface area contributed by atoms with Gasteiger partial charge in [-0.2, -0.15) is 0 Å². The van der Waals surface area contributed by atoms with Crippen molar-refractivity contribution in [2.24, 2.45) is 4.99 Å². The lowest BCUT2D eigenvalue weighted by Gasteiger charge is -2.33. The first-order valence-corrected chi connectivity index (χ1v) is 11.0. The molecule has 3 N–H and O–H groups in total. The number of piperidine rings is 1. The number of guanidine groups is 1. The fraction of sp³-hybridized carbons (Fsp3) is 0.458. The number of rotatable bonds is 8. The Bertz CT molecular complexity index is 914. The fourth-order valence-corrected chi connectivity index (χ4v) is 3.84. The molecule has 1 fully saturated rings. The number of para-hydroxylation sites is 1. The molecule has 2 aromatic rings. The van der Waals surface area contributed by atoms with E-state index in [-0.39, 0.29) is 17.3 Å². The van der Waals surface area contributed by atoms with Crippen LogP contribution in [0.3, 0.4) is 0 Å². The van der Waals surface area contributed by atoms with Crippen LogP contribution in [0, 0.1) is 5.82 Å². The summed E-state index contributed by atoms with van der Waals surface area (Å²) in [6.45, 7) is 5.68. The van der Waals surface area contributed by atoms with E-state index in [9.17, 15) is 9.50 Å². The Morgan fingerprint density at radius 1 is 1.16 bits per heavy atom. The molecule has 1 heterocycles. The molecule has 1 saturated heterocycles. The predicted molar refractivity (Wildman–Crippen MR) is 124 cm³/mol. The SMILES string of the molecule is CCNC(=NCc1cccc(OC)c1O)NC1CCN(Cc2ccc(OC)c(F)c2)CC1. The molecule has 0 saturated carbocycles. The smallest absolute Gasteiger partial charge is 0.191 e. The lowest BCUT2D eigenvalue weighted by molar-refractivity contribution is 0.198. The molecular weight excluding hydrogens is 411 g/mol. The molecule has 0 aromatic heterocycles. The van der Waals surface area contributed by atoms with E-state index in [1.165, 1.54) is 14.2 Å². The molecule has 0 radical (unpaired) electrons. The van der Waals surface area contributed by atoms with Crippen molar-refractivity contribution in [3.05, 3.63) is 53.3 Å². The monoisotopic (exact) mass is 444 g/mol. The highest BCUT2D eigenvalue weighted by atomic mass is 19.1. The molecule has 3 rings (SSSR count). The van der Waals surface area contributed by atoms with Gasteiger partial charge in [0.2, 0.25) is 0 Å². The minimum Gasteiger partial charge on any atom is -0.504 e. The molecule has 32 heavy (non-hydrogen) atoms. The Kier molecular flexibility index (Phi) is 8.56. The van der Waals surface area contributed by atoms with Crippen LogP contribution in [0.2, 0.25) is 0 Å². The summed E-state index contributed by atoms with van der Waals surface area (Å²) in [4.78, 5) is 6.97. The summed E-state index contributed by atoms with van der Waals surface area (Å²) in [5.74, 6) is 1.24. The highest BCUT2D eigenvalue weighted by Crippen LogP contribution is 2.29. The van der Waals surface area contributed by atoms with Crippen molar-refractivity contribution in [3.8, 4) is 17.2 Å². The highest BCUT2D eigenvalue weighted by molar-refractivity contribution is 5.80. The number of methoxy groups -OCH3 is 2. The Morgan fingerprint density at radius 2 is 1.91 bits per heavy atom. The maximum absolute atomic E-state index is 13.9. The largest absolute Gasteiger partial charge is 0.504 e. The van der Waals surface area contributed by atoms with Gasteiger partial charge >= 0.3 is 0 Å². The van der Waals surface area contributed by atoms with Gasteiger partial charge in [0.25, 0.3) is 0 Å². The number of nitrogens with one attached hydrogen (secondary N) is 2. The number of ether oxygens (including phenoxy) is 2. The quantitative estimate of drug-likeness (QED) is 0.429. The lowest BCUT2D eigenvalue weighted by atomic mass is 10.0. The predicted octanol–water partition coefficient (Wildman–Crippen LogP) is 3.27. The van der Waals surface area contributed by atoms with Gasteiger partial charge < -0.3 is 25.2 Å². The maximum atomic E-state index is 13.9. The lowest BCUT2D eigenvalue weighted by Crippen LogP contribution is -2.48. The Hall–Kier alpha value is -3.00. The van der Waals surface area contributed by atoms with E-state index in [0.717, 1.165) is 50.5 Å². The zero-order valence-corrected chi connectivity index (χ0v) is 19.0. The second kappa shape index (κ2) is 11.6. The molecule has 0 spiro atoms. The first-order chi connectivity index (χ1) is 15.5. The van der Waals surface area contributed by atoms with Crippen LogP contribution in [0.4, 0.5) is 4.39 Å². The summed E-state index contributed by atoms with van der Waals surface area (Å²) in [7, 11) is 3.01. The van der Waals surface area contributed by atoms with Gasteiger partial charge in [0.15, 0.2) is 29.0 Å². The van der Waals surface area contributed by atoms with Gasteiger partial charge in [0.05, 0.1) is 20.8 Å². The van der Waals surface area contributed by atoms with Crippen LogP contribution in [-0.2, 0) is 13.1 Å². The number of phenols is 1. The molecule has 0 amide bonds. The van der Waals surface area contributed by atoms with Crippen molar-refractivity contribution in [2.45, 2.75) is 38.9 Å². The van der Waals surface area contributed by atoms with Gasteiger partial charge in [-0.25, -0.2) is 9.38 Å². The number of phenolic OH excluding ortho intramolecular Hbond substituents is 1. The maximum Gasteiger partial charge on any atom is 0.191 e. The molecule has 1 aliphatic rings. The van der Waals surface area contributed by atoms with Crippen LogP contribution in [-0.4, -0.2) is 55.9 Å². The van der Waals surface area contributed by atoms with Crippen LogP contribution in [0.15, 0.2) is 41.4 Å². The molecule has 0 aliphatic carbocycles. The number of likely N-dealkylation sites (tertiary alicyclic amines) is 1. The molecule has 0 unspecified atom stereocenters. The van der Waals surface area contributed by atoms with Crippen molar-refractivity contribution >= 4 is 5.96 Å². The van der Waals surface area contributed by atoms with Crippen molar-refractivity contribution in [1.82, 2.24) is 15.5 Å². The van der Waals surface area contributed by atoms with E-state index in [0.29, 0.717) is 23.9 Å². The normalized spacial score (nSPS) is 15.4. The van der Waals surface area contributed by atoms with Crippen LogP contribution in [0.1, 0.15) is 30.9 Å². The summed E-state index contributed by atoms with van der Waals surface area (Å²) < 4.78 is 24.1. The van der Waals surface area contributed by atoms with E-state index < -0.39 is 0 Å². The first-order valence-electron chi connectivity index (χ1n) is 11.0. The highest BCUT2D eigenvalue weighted by Gasteiger charge is 2.20. The van der Waals surface area contributed by atoms with Gasteiger partial charge in [-0.3, -0.25) is 4.90 Å². The third kappa shape index (κ3) is 6.26. The van der Waals surface area contributed by atoms with Crippen molar-refractivity contribution in [1.29, 1.82) is 0 Å². The molecule has 174 valence electrons. The Labute approximate surface area is 189 Å². The van der Waals surface area contributed by atoms with Gasteiger partial charge in [-0.05, 0) is 43.5 Å². The number of benzene rings is 2. The van der Waals surface area contributed by atoms with E-state index in [1.54, 1.807) is 18.2 Å². The van der Waals surface area contributed by atoms with Crippen LogP contribution in [0.25, 0.3) is 0 Å². The minimum atomic E-state index is -0.324. The topological polar surface area (TPSA) is 78.4 Å². The Morgan fingerprint density at radius 3 is 2.56 bits per heavy atom. The average Bonchev–Trinajstić information content (AvgIpc) is 2.80. The Balaban J connectivity index is 1.53. The van der Waals surface area contributed by atoms with E-state index in [2.05, 4.69) is 20.5 Å². The molecule has 2 aromatic carbocycles. The summed E-state index contributed by atoms with van der Waals surface area (Å²) >= 11 is 0. The second-order valence-electron chi connectivity index (χ2n) is 7.83. The van der Waals surface area contributed by atoms with E-state index >= 15 is 0 Å². The van der Waals surface area contributed by atoms with Gasteiger partial charge in [-0.15, -0.1) is 0 Å². The molecular formula is C24H33FN4O3. The van der Waals surface area contributed by atoms with E-state index in [4.69, 9.17) is 9.47 Å². The zero-order valence-electron chi connectivity index (χ0n) is 19.0. The second-order valence-corrected chi connectivity index (χ2v) is 7.83. The van der Waals surface area contributed by atoms with Crippen LogP contribution in [0.5, 0.6) is 17.2 Å². The van der Waals surface area contributed by atoms with Gasteiger partial charge in [0.1, 0.15) is 0 Å². The number of halogens is 1. The standard InChI is InChI=1S/C24H33FN4O3/c1-4-26-24(27-15-18-6-5-7-22(32-3)23(18)30)28-19-10-12-29(13-11-19)16-17-8-9-21(31-2)20(25)14-17/h5-9,14,19,30H,4,10-13,15-16H2,1-3H3,(H2,26,27,28). The van der Waals surface area contributed by atoms with Crippen LogP contribution < -0.4 is 20.1 Å². The summed E-state index contributed by atoms with van der Waals surface area (Å²) in [5.41, 5.74) is 1.66. The summed E-state index contributed by atoms with van der Waals surface area (Å²) in [5, 5.41) is 17.1. The van der Waals surface area contributed by atoms with Gasteiger partial charge in [0, 0.05) is 37.8 Å². The number of aromatic hydroxyl groups is 1. The zero-order chi connectivity index (χ0) is 22.9. The summed E-state index contributed by atoms with van der Waals surface area (Å²) in [6, 6.07) is 10.8. The van der Waals surface area contributed by atoms with Crippen LogP contribution >= 0.6 is 0 Å². The fourth-order valence-electron chi connectivity index (χ4n) is 3.84. The molecule has 8 heteroatoms. The average molecular weight is 445 g/mol. The van der Waals surface area contributed by atoms with Crippen molar-refractivity contribution in [3.63, 3.8) is 0 Å². The molecule has 0 bridgehead atoms. The number of aliphatic imine (C=N–C) groups is 1. The third-order valence-corrected chi connectivity index (χ3v) is 5.61. The molecule has 1 aliphatic heterocycles. The van der Waals surface area contributed by atoms with Crippen molar-refractivity contribution in [2.75, 3.05) is 33.9 Å². The molecule has 0 atom stereocenters. The van der Waals surface area contributed by atoms with Gasteiger partial charge in [-0.1, -0.05) is 18.2 Å². The van der Waals surface area contributed by atoms with Crippen molar-refractivity contribution < 1.29 is 19.0 Å². The molecule has 7 nitrogen and oxygen atoms in total. The minimum absolute atomic E-state index is 0.123. The number of hydrogen-bond acceptors (Lipinski definition) is 5. The third-order valence-electron chi connectivity index (χ3n) is 5.61.